The molecule has 0 radical (unpaired) electrons. The Balaban J connectivity index is 1.84. The largest absolute Gasteiger partial charge is 0.507 e. The number of para-hydroxylation sites is 4. The van der Waals surface area contributed by atoms with Gasteiger partial charge in [0.2, 0.25) is 0 Å². The van der Waals surface area contributed by atoms with Gasteiger partial charge in [-0.15, -0.1) is 0 Å². The highest BCUT2D eigenvalue weighted by Gasteiger charge is 2.17. The molecule has 6 heteroatoms. The molecule has 0 saturated carbocycles. The van der Waals surface area contributed by atoms with Crippen LogP contribution in [0.2, 0.25) is 0 Å². The molecule has 3 rings (SSSR count). The van der Waals surface area contributed by atoms with E-state index < -0.39 is 11.8 Å². The number of amides is 2. The van der Waals surface area contributed by atoms with Gasteiger partial charge in [-0.3, -0.25) is 9.59 Å². The molecule has 136 valence electrons. The number of phenolic OH excluding ortho intramolecular Hbond substituents is 1. The van der Waals surface area contributed by atoms with Crippen LogP contribution in [-0.4, -0.2) is 24.0 Å². The molecule has 0 aliphatic carbocycles. The van der Waals surface area contributed by atoms with Crippen molar-refractivity contribution in [3.8, 4) is 11.5 Å². The molecule has 3 N–H and O–H groups in total. The van der Waals surface area contributed by atoms with E-state index in [-0.39, 0.29) is 16.9 Å². The monoisotopic (exact) mass is 362 g/mol. The summed E-state index contributed by atoms with van der Waals surface area (Å²) in [5.41, 5.74) is 1.26. The summed E-state index contributed by atoms with van der Waals surface area (Å²) < 4.78 is 5.24. The predicted molar refractivity (Wildman–Crippen MR) is 103 cm³/mol. The summed E-state index contributed by atoms with van der Waals surface area (Å²) in [4.78, 5) is 25.2. The smallest absolute Gasteiger partial charge is 0.259 e. The van der Waals surface area contributed by atoms with Gasteiger partial charge < -0.3 is 20.5 Å². The minimum atomic E-state index is -0.509. The normalized spacial score (nSPS) is 10.1. The van der Waals surface area contributed by atoms with E-state index in [1.807, 2.05) is 0 Å². The highest BCUT2D eigenvalue weighted by atomic mass is 16.5. The van der Waals surface area contributed by atoms with E-state index in [0.29, 0.717) is 17.1 Å². The molecule has 0 unspecified atom stereocenters. The second-order valence-corrected chi connectivity index (χ2v) is 5.67. The van der Waals surface area contributed by atoms with Crippen molar-refractivity contribution in [1.82, 2.24) is 0 Å². The standard InChI is InChI=1S/C21H18N2O4/c1-27-19-13-7-5-11-17(19)23-20(25)14-8-2-4-10-16(14)22-21(26)15-9-3-6-12-18(15)24/h2-13,24H,1H3,(H,22,26)(H,23,25). The highest BCUT2D eigenvalue weighted by molar-refractivity contribution is 6.13. The van der Waals surface area contributed by atoms with Crippen molar-refractivity contribution >= 4 is 23.2 Å². The molecular weight excluding hydrogens is 344 g/mol. The Labute approximate surface area is 156 Å². The third kappa shape index (κ3) is 4.07. The zero-order valence-electron chi connectivity index (χ0n) is 14.6. The number of hydrogen-bond donors (Lipinski definition) is 3. The number of carbonyl (C=O) groups excluding carboxylic acids is 2. The van der Waals surface area contributed by atoms with Crippen molar-refractivity contribution < 1.29 is 19.4 Å². The molecule has 0 spiro atoms. The number of carbonyl (C=O) groups is 2. The summed E-state index contributed by atoms with van der Waals surface area (Å²) in [6, 6.07) is 19.9. The first kappa shape index (κ1) is 18.0. The Hall–Kier alpha value is -3.80. The van der Waals surface area contributed by atoms with Gasteiger partial charge in [0.05, 0.1) is 29.6 Å². The predicted octanol–water partition coefficient (Wildman–Crippen LogP) is 3.91. The Morgan fingerprint density at radius 3 is 1.96 bits per heavy atom. The Bertz CT molecular complexity index is 985. The first-order chi connectivity index (χ1) is 13.1. The summed E-state index contributed by atoms with van der Waals surface area (Å²) in [5.74, 6) is -0.508. The van der Waals surface area contributed by atoms with Gasteiger partial charge in [0.25, 0.3) is 11.8 Å². The van der Waals surface area contributed by atoms with E-state index >= 15 is 0 Å². The van der Waals surface area contributed by atoms with Gasteiger partial charge in [-0.2, -0.15) is 0 Å². The maximum Gasteiger partial charge on any atom is 0.259 e. The lowest BCUT2D eigenvalue weighted by Crippen LogP contribution is -2.18. The number of anilines is 2. The molecule has 6 nitrogen and oxygen atoms in total. The number of phenols is 1. The third-order valence-electron chi connectivity index (χ3n) is 3.92. The molecule has 0 bridgehead atoms. The van der Waals surface area contributed by atoms with Crippen molar-refractivity contribution in [3.63, 3.8) is 0 Å². The van der Waals surface area contributed by atoms with E-state index in [1.165, 1.54) is 19.2 Å². The van der Waals surface area contributed by atoms with Crippen LogP contribution in [0.5, 0.6) is 11.5 Å². The summed E-state index contributed by atoms with van der Waals surface area (Å²) in [5, 5.41) is 15.3. The Morgan fingerprint density at radius 1 is 0.741 bits per heavy atom. The van der Waals surface area contributed by atoms with Gasteiger partial charge in [-0.1, -0.05) is 36.4 Å². The lowest BCUT2D eigenvalue weighted by Gasteiger charge is -2.13. The van der Waals surface area contributed by atoms with Crippen LogP contribution in [0.15, 0.2) is 72.8 Å². The van der Waals surface area contributed by atoms with Crippen LogP contribution < -0.4 is 15.4 Å². The summed E-state index contributed by atoms with van der Waals surface area (Å²) in [6.45, 7) is 0. The van der Waals surface area contributed by atoms with Gasteiger partial charge in [-0.25, -0.2) is 0 Å². The van der Waals surface area contributed by atoms with Crippen LogP contribution in [0, 0.1) is 0 Å². The fourth-order valence-electron chi connectivity index (χ4n) is 2.58. The number of nitrogens with one attached hydrogen (secondary N) is 2. The van der Waals surface area contributed by atoms with Crippen LogP contribution >= 0.6 is 0 Å². The minimum absolute atomic E-state index is 0.123. The van der Waals surface area contributed by atoms with Crippen LogP contribution in [0.1, 0.15) is 20.7 Å². The third-order valence-corrected chi connectivity index (χ3v) is 3.92. The van der Waals surface area contributed by atoms with E-state index in [1.54, 1.807) is 60.7 Å². The molecule has 0 aromatic heterocycles. The van der Waals surface area contributed by atoms with Gasteiger partial charge in [-0.05, 0) is 36.4 Å². The first-order valence-electron chi connectivity index (χ1n) is 8.23. The average molecular weight is 362 g/mol. The van der Waals surface area contributed by atoms with E-state index in [0.717, 1.165) is 0 Å². The lowest BCUT2D eigenvalue weighted by atomic mass is 10.1. The fraction of sp³-hybridized carbons (Fsp3) is 0.0476. The number of methoxy groups -OCH3 is 1. The van der Waals surface area contributed by atoms with Crippen molar-refractivity contribution in [2.24, 2.45) is 0 Å². The molecule has 3 aromatic rings. The lowest BCUT2D eigenvalue weighted by molar-refractivity contribution is 0.102. The van der Waals surface area contributed by atoms with Crippen LogP contribution in [0.3, 0.4) is 0 Å². The number of rotatable bonds is 5. The van der Waals surface area contributed by atoms with E-state index in [9.17, 15) is 14.7 Å². The highest BCUT2D eigenvalue weighted by Crippen LogP contribution is 2.25. The van der Waals surface area contributed by atoms with Gasteiger partial charge in [0.1, 0.15) is 11.5 Å². The number of ether oxygens (including phenoxy) is 1. The second-order valence-electron chi connectivity index (χ2n) is 5.67. The second kappa shape index (κ2) is 8.05. The summed E-state index contributed by atoms with van der Waals surface area (Å²) in [6.07, 6.45) is 0. The maximum absolute atomic E-state index is 12.7. The molecule has 0 heterocycles. The minimum Gasteiger partial charge on any atom is -0.507 e. The molecule has 27 heavy (non-hydrogen) atoms. The number of aromatic hydroxyl groups is 1. The number of benzene rings is 3. The van der Waals surface area contributed by atoms with Crippen LogP contribution in [-0.2, 0) is 0 Å². The number of hydrogen-bond acceptors (Lipinski definition) is 4. The average Bonchev–Trinajstić information content (AvgIpc) is 2.69. The molecule has 0 saturated heterocycles. The van der Waals surface area contributed by atoms with Crippen molar-refractivity contribution in [3.05, 3.63) is 83.9 Å². The molecule has 0 aliphatic heterocycles. The molecule has 3 aromatic carbocycles. The topological polar surface area (TPSA) is 87.7 Å². The first-order valence-corrected chi connectivity index (χ1v) is 8.23. The quantitative estimate of drug-likeness (QED) is 0.642. The van der Waals surface area contributed by atoms with E-state index in [4.69, 9.17) is 4.74 Å². The molecule has 0 atom stereocenters. The Kier molecular flexibility index (Phi) is 5.37. The SMILES string of the molecule is COc1ccccc1NC(=O)c1ccccc1NC(=O)c1ccccc1O. The van der Waals surface area contributed by atoms with Crippen LogP contribution in [0.25, 0.3) is 0 Å². The summed E-state index contributed by atoms with van der Waals surface area (Å²) >= 11 is 0. The van der Waals surface area contributed by atoms with Gasteiger partial charge >= 0.3 is 0 Å². The molecule has 0 fully saturated rings. The van der Waals surface area contributed by atoms with Crippen LogP contribution in [0.4, 0.5) is 11.4 Å². The van der Waals surface area contributed by atoms with E-state index in [2.05, 4.69) is 10.6 Å². The van der Waals surface area contributed by atoms with Gasteiger partial charge in [0.15, 0.2) is 0 Å². The zero-order valence-corrected chi connectivity index (χ0v) is 14.6. The van der Waals surface area contributed by atoms with Crippen molar-refractivity contribution in [2.45, 2.75) is 0 Å². The molecule has 2 amide bonds. The molecule has 0 aliphatic rings. The summed E-state index contributed by atoms with van der Waals surface area (Å²) in [7, 11) is 1.52. The zero-order chi connectivity index (χ0) is 19.2. The molecular formula is C21H18N2O4. The Morgan fingerprint density at radius 2 is 1.26 bits per heavy atom. The maximum atomic E-state index is 12.7. The fourth-order valence-corrected chi connectivity index (χ4v) is 2.58. The van der Waals surface area contributed by atoms with Crippen molar-refractivity contribution in [2.75, 3.05) is 17.7 Å². The van der Waals surface area contributed by atoms with Gasteiger partial charge in [0, 0.05) is 0 Å². The van der Waals surface area contributed by atoms with Crippen molar-refractivity contribution in [1.29, 1.82) is 0 Å².